The third-order valence-electron chi connectivity index (χ3n) is 2.24. The van der Waals surface area contributed by atoms with Crippen LogP contribution in [0.2, 0.25) is 0 Å². The molecule has 1 amide bonds. The number of amides is 1. The van der Waals surface area contributed by atoms with Crippen LogP contribution in [0, 0.1) is 5.41 Å². The molecule has 0 aromatic heterocycles. The number of hydrogen-bond acceptors (Lipinski definition) is 3. The van der Waals surface area contributed by atoms with Gasteiger partial charge in [-0.25, -0.2) is 0 Å². The molecule has 0 aliphatic heterocycles. The van der Waals surface area contributed by atoms with Gasteiger partial charge in [-0.2, -0.15) is 0 Å². The second-order valence-electron chi connectivity index (χ2n) is 5.05. The van der Waals surface area contributed by atoms with Crippen molar-refractivity contribution in [2.24, 2.45) is 11.1 Å². The van der Waals surface area contributed by atoms with Crippen molar-refractivity contribution in [3.8, 4) is 0 Å². The van der Waals surface area contributed by atoms with Gasteiger partial charge in [-0.1, -0.05) is 34.6 Å². The van der Waals surface area contributed by atoms with Crippen LogP contribution < -0.4 is 5.73 Å². The van der Waals surface area contributed by atoms with E-state index >= 15 is 0 Å². The smallest absolute Gasteiger partial charge is 0.222 e. The van der Waals surface area contributed by atoms with E-state index in [9.17, 15) is 9.59 Å². The fourth-order valence-electron chi connectivity index (χ4n) is 1.19. The first kappa shape index (κ1) is 18.5. The number of rotatable bonds is 4. The highest BCUT2D eigenvalue weighted by Crippen LogP contribution is 2.17. The minimum absolute atomic E-state index is 0.00663. The Hall–Kier alpha value is -0.900. The summed E-state index contributed by atoms with van der Waals surface area (Å²) in [6.45, 7) is 9.51. The number of ketones is 1. The molecule has 0 aliphatic carbocycles. The van der Waals surface area contributed by atoms with Crippen LogP contribution >= 0.6 is 0 Å². The van der Waals surface area contributed by atoms with Gasteiger partial charge >= 0.3 is 0 Å². The Bertz CT molecular complexity index is 242. The van der Waals surface area contributed by atoms with Gasteiger partial charge < -0.3 is 10.6 Å². The van der Waals surface area contributed by atoms with Gasteiger partial charge in [0, 0.05) is 25.9 Å². The molecular formula is C13H28N2O2. The standard InChI is InChI=1S/C11H22N2O2.C2H6/c1-11(2,3)10(15)8(12)6-7-9(14)13(4)5;1-2/h8H,6-7,12H2,1-5H3;1-2H3. The molecule has 0 aromatic carbocycles. The Balaban J connectivity index is 0. The highest BCUT2D eigenvalue weighted by atomic mass is 16.2. The van der Waals surface area contributed by atoms with Crippen LogP contribution in [0.4, 0.5) is 0 Å². The van der Waals surface area contributed by atoms with E-state index in [-0.39, 0.29) is 11.7 Å². The fraction of sp³-hybridized carbons (Fsp3) is 0.846. The maximum Gasteiger partial charge on any atom is 0.222 e. The molecule has 4 heteroatoms. The summed E-state index contributed by atoms with van der Waals surface area (Å²) in [6, 6.07) is -0.533. The Morgan fingerprint density at radius 2 is 1.59 bits per heavy atom. The highest BCUT2D eigenvalue weighted by Gasteiger charge is 2.27. The fourth-order valence-corrected chi connectivity index (χ4v) is 1.19. The molecule has 0 aliphatic rings. The Labute approximate surface area is 106 Å². The second-order valence-corrected chi connectivity index (χ2v) is 5.05. The van der Waals surface area contributed by atoms with Gasteiger partial charge in [-0.05, 0) is 6.42 Å². The summed E-state index contributed by atoms with van der Waals surface area (Å²) in [5, 5.41) is 0. The van der Waals surface area contributed by atoms with Gasteiger partial charge in [0.15, 0.2) is 5.78 Å². The van der Waals surface area contributed by atoms with Crippen LogP contribution in [0.15, 0.2) is 0 Å². The lowest BCUT2D eigenvalue weighted by molar-refractivity contribution is -0.130. The van der Waals surface area contributed by atoms with Crippen molar-refractivity contribution < 1.29 is 9.59 Å². The van der Waals surface area contributed by atoms with Crippen LogP contribution in [-0.2, 0) is 9.59 Å². The van der Waals surface area contributed by atoms with Crippen molar-refractivity contribution in [3.63, 3.8) is 0 Å². The van der Waals surface area contributed by atoms with Gasteiger partial charge in [0.2, 0.25) is 5.91 Å². The minimum Gasteiger partial charge on any atom is -0.349 e. The number of Topliss-reactive ketones (excluding diaryl/α,β-unsaturated/α-hetero) is 1. The zero-order valence-electron chi connectivity index (χ0n) is 12.3. The van der Waals surface area contributed by atoms with E-state index in [1.165, 1.54) is 4.90 Å². The van der Waals surface area contributed by atoms with Gasteiger partial charge in [-0.15, -0.1) is 0 Å². The van der Waals surface area contributed by atoms with E-state index in [1.54, 1.807) is 14.1 Å². The molecule has 4 nitrogen and oxygen atoms in total. The zero-order chi connectivity index (χ0) is 14.2. The van der Waals surface area contributed by atoms with E-state index in [1.807, 2.05) is 34.6 Å². The van der Waals surface area contributed by atoms with Crippen molar-refractivity contribution in [2.75, 3.05) is 14.1 Å². The lowest BCUT2D eigenvalue weighted by Gasteiger charge is -2.21. The normalized spacial score (nSPS) is 12.2. The summed E-state index contributed by atoms with van der Waals surface area (Å²) in [5.74, 6) is 0.0150. The quantitative estimate of drug-likeness (QED) is 0.820. The third kappa shape index (κ3) is 7.91. The number of carbonyl (C=O) groups is 2. The molecule has 0 aromatic rings. The first-order chi connectivity index (χ1) is 7.66. The summed E-state index contributed by atoms with van der Waals surface area (Å²) in [5.41, 5.74) is 5.30. The number of nitrogens with two attached hydrogens (primary N) is 1. The van der Waals surface area contributed by atoms with E-state index in [2.05, 4.69) is 0 Å². The number of hydrogen-bond donors (Lipinski definition) is 1. The van der Waals surface area contributed by atoms with Crippen LogP contribution in [0.5, 0.6) is 0 Å². The van der Waals surface area contributed by atoms with Crippen molar-refractivity contribution in [2.45, 2.75) is 53.5 Å². The monoisotopic (exact) mass is 244 g/mol. The van der Waals surface area contributed by atoms with Gasteiger partial charge in [0.1, 0.15) is 0 Å². The number of nitrogens with zero attached hydrogens (tertiary/aromatic N) is 1. The molecule has 0 heterocycles. The first-order valence-corrected chi connectivity index (χ1v) is 6.16. The van der Waals surface area contributed by atoms with Crippen molar-refractivity contribution in [1.82, 2.24) is 4.90 Å². The molecule has 1 unspecified atom stereocenters. The average Bonchev–Trinajstić information content (AvgIpc) is 2.25. The molecule has 2 N–H and O–H groups in total. The van der Waals surface area contributed by atoms with E-state index in [0.29, 0.717) is 12.8 Å². The molecule has 0 bridgehead atoms. The molecule has 0 saturated carbocycles. The number of carbonyl (C=O) groups excluding carboxylic acids is 2. The SMILES string of the molecule is CC.CN(C)C(=O)CCC(N)C(=O)C(C)(C)C. The summed E-state index contributed by atoms with van der Waals surface area (Å²) in [4.78, 5) is 24.5. The second kappa shape index (κ2) is 8.23. The average molecular weight is 244 g/mol. The van der Waals surface area contributed by atoms with E-state index < -0.39 is 11.5 Å². The summed E-state index contributed by atoms with van der Waals surface area (Å²) in [7, 11) is 3.39. The lowest BCUT2D eigenvalue weighted by Crippen LogP contribution is -2.39. The third-order valence-corrected chi connectivity index (χ3v) is 2.24. The van der Waals surface area contributed by atoms with Crippen LogP contribution in [0.1, 0.15) is 47.5 Å². The predicted octanol–water partition coefficient (Wildman–Crippen LogP) is 1.82. The molecule has 1 atom stereocenters. The molecule has 0 saturated heterocycles. The van der Waals surface area contributed by atoms with Crippen LogP contribution in [-0.4, -0.2) is 36.7 Å². The summed E-state index contributed by atoms with van der Waals surface area (Å²) in [6.07, 6.45) is 0.753. The molecule has 0 rings (SSSR count). The minimum atomic E-state index is -0.533. The van der Waals surface area contributed by atoms with Gasteiger partial charge in [0.25, 0.3) is 0 Å². The topological polar surface area (TPSA) is 63.4 Å². The largest absolute Gasteiger partial charge is 0.349 e. The molecule has 0 fully saturated rings. The van der Waals surface area contributed by atoms with Crippen molar-refractivity contribution in [1.29, 1.82) is 0 Å². The lowest BCUT2D eigenvalue weighted by atomic mass is 9.85. The molecule has 0 spiro atoms. The van der Waals surface area contributed by atoms with Gasteiger partial charge in [-0.3, -0.25) is 9.59 Å². The summed E-state index contributed by atoms with van der Waals surface area (Å²) < 4.78 is 0. The Morgan fingerprint density at radius 1 is 1.18 bits per heavy atom. The summed E-state index contributed by atoms with van der Waals surface area (Å²) >= 11 is 0. The first-order valence-electron chi connectivity index (χ1n) is 6.16. The predicted molar refractivity (Wildman–Crippen MR) is 71.7 cm³/mol. The maximum atomic E-state index is 11.7. The maximum absolute atomic E-state index is 11.7. The zero-order valence-corrected chi connectivity index (χ0v) is 12.3. The van der Waals surface area contributed by atoms with Crippen molar-refractivity contribution in [3.05, 3.63) is 0 Å². The van der Waals surface area contributed by atoms with Crippen LogP contribution in [0.3, 0.4) is 0 Å². The van der Waals surface area contributed by atoms with E-state index in [4.69, 9.17) is 5.73 Å². The Kier molecular flexibility index (Phi) is 8.94. The highest BCUT2D eigenvalue weighted by molar-refractivity contribution is 5.89. The molecule has 17 heavy (non-hydrogen) atoms. The van der Waals surface area contributed by atoms with Crippen LogP contribution in [0.25, 0.3) is 0 Å². The molecule has 102 valence electrons. The molecular weight excluding hydrogens is 216 g/mol. The van der Waals surface area contributed by atoms with Crippen molar-refractivity contribution >= 4 is 11.7 Å². The molecule has 0 radical (unpaired) electrons. The van der Waals surface area contributed by atoms with E-state index in [0.717, 1.165) is 0 Å². The Morgan fingerprint density at radius 3 is 1.88 bits per heavy atom. The van der Waals surface area contributed by atoms with Gasteiger partial charge in [0.05, 0.1) is 6.04 Å².